The molecule has 1 spiro atoms. The van der Waals surface area contributed by atoms with Gasteiger partial charge in [-0.05, 0) is 13.0 Å². The first-order valence-electron chi connectivity index (χ1n) is 8.49. The number of ether oxygens (including phenoxy) is 1. The Morgan fingerprint density at radius 2 is 2.08 bits per heavy atom. The molecule has 2 aliphatic rings. The summed E-state index contributed by atoms with van der Waals surface area (Å²) < 4.78 is 5.28. The van der Waals surface area contributed by atoms with Crippen molar-refractivity contribution in [1.82, 2.24) is 19.9 Å². The average molecular weight is 373 g/mol. The van der Waals surface area contributed by atoms with Gasteiger partial charge in [0.2, 0.25) is 5.95 Å². The predicted octanol–water partition coefficient (Wildman–Crippen LogP) is 1.07. The summed E-state index contributed by atoms with van der Waals surface area (Å²) in [4.78, 5) is 42.1. The van der Waals surface area contributed by atoms with Crippen molar-refractivity contribution < 1.29 is 14.3 Å². The number of hydrogen-bond donors (Lipinski definition) is 0. The zero-order valence-corrected chi connectivity index (χ0v) is 15.2. The Labute approximate surface area is 154 Å². The number of esters is 1. The molecule has 1 amide bonds. The van der Waals surface area contributed by atoms with Crippen LogP contribution < -0.4 is 4.90 Å². The number of carbonyl (C=O) groups excluding carboxylic acids is 2. The van der Waals surface area contributed by atoms with Crippen molar-refractivity contribution in [3.8, 4) is 0 Å². The van der Waals surface area contributed by atoms with E-state index in [1.165, 1.54) is 11.3 Å². The lowest BCUT2D eigenvalue weighted by atomic mass is 9.71. The van der Waals surface area contributed by atoms with E-state index in [2.05, 4.69) is 15.0 Å². The van der Waals surface area contributed by atoms with Crippen molar-refractivity contribution in [2.45, 2.75) is 6.92 Å². The second kappa shape index (κ2) is 6.64. The van der Waals surface area contributed by atoms with Gasteiger partial charge in [0, 0.05) is 44.0 Å². The minimum Gasteiger partial charge on any atom is -0.466 e. The Kier molecular flexibility index (Phi) is 4.31. The van der Waals surface area contributed by atoms with Crippen molar-refractivity contribution in [3.05, 3.63) is 35.0 Å². The number of hydrogen-bond acceptors (Lipinski definition) is 8. The molecule has 136 valence electrons. The van der Waals surface area contributed by atoms with Gasteiger partial charge in [-0.2, -0.15) is 0 Å². The molecule has 0 aromatic carbocycles. The molecule has 1 unspecified atom stereocenters. The van der Waals surface area contributed by atoms with Crippen LogP contribution in [0.2, 0.25) is 0 Å². The van der Waals surface area contributed by atoms with Crippen LogP contribution in [0.5, 0.6) is 0 Å². The quantitative estimate of drug-likeness (QED) is 0.741. The summed E-state index contributed by atoms with van der Waals surface area (Å²) >= 11 is 1.31. The third-order valence-corrected chi connectivity index (χ3v) is 5.76. The Hall–Kier alpha value is -2.55. The molecule has 0 radical (unpaired) electrons. The minimum atomic E-state index is -0.334. The molecular weight excluding hydrogens is 354 g/mol. The van der Waals surface area contributed by atoms with Gasteiger partial charge in [-0.15, -0.1) is 11.3 Å². The van der Waals surface area contributed by atoms with E-state index in [9.17, 15) is 9.59 Å². The molecule has 0 N–H and O–H groups in total. The van der Waals surface area contributed by atoms with Gasteiger partial charge in [0.15, 0.2) is 0 Å². The molecule has 0 saturated carbocycles. The topological polar surface area (TPSA) is 88.5 Å². The Balaban J connectivity index is 1.54. The SMILES string of the molecule is CCOC(=O)C1CN(C(=O)c2cncs2)CC12CN(c1ncccn1)C2. The fourth-order valence-electron chi connectivity index (χ4n) is 3.80. The van der Waals surface area contributed by atoms with E-state index in [0.717, 1.165) is 0 Å². The Morgan fingerprint density at radius 3 is 2.73 bits per heavy atom. The van der Waals surface area contributed by atoms with Crippen LogP contribution in [0.15, 0.2) is 30.2 Å². The second-order valence-electron chi connectivity index (χ2n) is 6.62. The van der Waals surface area contributed by atoms with Gasteiger partial charge in [0.05, 0.1) is 24.2 Å². The standard InChI is InChI=1S/C17H19N5O3S/c1-2-25-15(24)12-7-21(14(23)13-6-18-11-26-13)8-17(12)9-22(10-17)16-19-4-3-5-20-16/h3-6,11-12H,2,7-10H2,1H3. The highest BCUT2D eigenvalue weighted by atomic mass is 32.1. The third-order valence-electron chi connectivity index (χ3n) is 5.00. The summed E-state index contributed by atoms with van der Waals surface area (Å²) in [6.07, 6.45) is 4.97. The summed E-state index contributed by atoms with van der Waals surface area (Å²) in [5.74, 6) is 0.000991. The van der Waals surface area contributed by atoms with Crippen molar-refractivity contribution >= 4 is 29.2 Å². The molecule has 4 rings (SSSR count). The number of thiazole rings is 1. The van der Waals surface area contributed by atoms with Gasteiger partial charge in [-0.3, -0.25) is 14.6 Å². The van der Waals surface area contributed by atoms with Crippen molar-refractivity contribution in [2.75, 3.05) is 37.7 Å². The highest BCUT2D eigenvalue weighted by molar-refractivity contribution is 7.11. The van der Waals surface area contributed by atoms with Crippen LogP contribution in [0.4, 0.5) is 5.95 Å². The Morgan fingerprint density at radius 1 is 1.31 bits per heavy atom. The van der Waals surface area contributed by atoms with Crippen molar-refractivity contribution in [2.24, 2.45) is 11.3 Å². The van der Waals surface area contributed by atoms with Crippen LogP contribution in [-0.4, -0.2) is 64.5 Å². The summed E-state index contributed by atoms with van der Waals surface area (Å²) in [6, 6.07) is 1.77. The van der Waals surface area contributed by atoms with Gasteiger partial charge in [-0.25, -0.2) is 9.97 Å². The maximum atomic E-state index is 12.7. The molecule has 2 fully saturated rings. The van der Waals surface area contributed by atoms with Crippen LogP contribution in [-0.2, 0) is 9.53 Å². The molecule has 1 atom stereocenters. The maximum absolute atomic E-state index is 12.7. The first kappa shape index (κ1) is 16.9. The van der Waals surface area contributed by atoms with E-state index in [0.29, 0.717) is 43.6 Å². The minimum absolute atomic E-state index is 0.0758. The number of nitrogens with zero attached hydrogens (tertiary/aromatic N) is 5. The van der Waals surface area contributed by atoms with E-state index in [-0.39, 0.29) is 23.2 Å². The largest absolute Gasteiger partial charge is 0.466 e. The van der Waals surface area contributed by atoms with Gasteiger partial charge in [0.1, 0.15) is 4.88 Å². The zero-order chi connectivity index (χ0) is 18.1. The molecule has 2 aromatic heterocycles. The monoisotopic (exact) mass is 373 g/mol. The second-order valence-corrected chi connectivity index (χ2v) is 7.51. The van der Waals surface area contributed by atoms with Crippen LogP contribution in [0, 0.1) is 11.3 Å². The molecule has 9 heteroatoms. The highest BCUT2D eigenvalue weighted by Gasteiger charge is 2.59. The summed E-state index contributed by atoms with van der Waals surface area (Å²) in [5.41, 5.74) is 1.32. The lowest BCUT2D eigenvalue weighted by Gasteiger charge is -2.49. The lowest BCUT2D eigenvalue weighted by molar-refractivity contribution is -0.151. The van der Waals surface area contributed by atoms with E-state index in [1.54, 1.807) is 42.0 Å². The number of anilines is 1. The van der Waals surface area contributed by atoms with E-state index >= 15 is 0 Å². The summed E-state index contributed by atoms with van der Waals surface area (Å²) in [6.45, 7) is 4.29. The Bertz CT molecular complexity index is 792. The maximum Gasteiger partial charge on any atom is 0.311 e. The first-order chi connectivity index (χ1) is 12.6. The number of aromatic nitrogens is 3. The average Bonchev–Trinajstić information content (AvgIpc) is 3.29. The first-order valence-corrected chi connectivity index (χ1v) is 9.37. The van der Waals surface area contributed by atoms with Gasteiger partial charge >= 0.3 is 5.97 Å². The lowest BCUT2D eigenvalue weighted by Crippen LogP contribution is -2.62. The normalized spacial score (nSPS) is 20.9. The molecule has 2 aromatic rings. The van der Waals surface area contributed by atoms with Crippen molar-refractivity contribution in [1.29, 1.82) is 0 Å². The van der Waals surface area contributed by atoms with Crippen LogP contribution in [0.3, 0.4) is 0 Å². The van der Waals surface area contributed by atoms with Gasteiger partial charge in [-0.1, -0.05) is 0 Å². The van der Waals surface area contributed by atoms with Crippen LogP contribution in [0.1, 0.15) is 16.6 Å². The fraction of sp³-hybridized carbons (Fsp3) is 0.471. The predicted molar refractivity (Wildman–Crippen MR) is 94.8 cm³/mol. The molecule has 0 bridgehead atoms. The number of amides is 1. The van der Waals surface area contributed by atoms with E-state index in [4.69, 9.17) is 4.74 Å². The molecule has 0 aliphatic carbocycles. The number of carbonyl (C=O) groups is 2. The van der Waals surface area contributed by atoms with Gasteiger partial charge in [0.25, 0.3) is 5.91 Å². The zero-order valence-electron chi connectivity index (χ0n) is 14.4. The van der Waals surface area contributed by atoms with Crippen LogP contribution in [0.25, 0.3) is 0 Å². The molecule has 2 saturated heterocycles. The van der Waals surface area contributed by atoms with Gasteiger partial charge < -0.3 is 14.5 Å². The van der Waals surface area contributed by atoms with E-state index < -0.39 is 0 Å². The molecule has 8 nitrogen and oxygen atoms in total. The van der Waals surface area contributed by atoms with Crippen molar-refractivity contribution in [3.63, 3.8) is 0 Å². The summed E-state index contributed by atoms with van der Waals surface area (Å²) in [7, 11) is 0. The molecule has 4 heterocycles. The van der Waals surface area contributed by atoms with E-state index in [1.807, 2.05) is 4.90 Å². The van der Waals surface area contributed by atoms with Crippen LogP contribution >= 0.6 is 11.3 Å². The fourth-order valence-corrected chi connectivity index (χ4v) is 4.39. The smallest absolute Gasteiger partial charge is 0.311 e. The number of rotatable bonds is 4. The molecular formula is C17H19N5O3S. The molecule has 26 heavy (non-hydrogen) atoms. The molecule has 2 aliphatic heterocycles. The number of likely N-dealkylation sites (tertiary alicyclic amines) is 1. The third kappa shape index (κ3) is 2.82. The highest BCUT2D eigenvalue weighted by Crippen LogP contribution is 2.45. The summed E-state index contributed by atoms with van der Waals surface area (Å²) in [5, 5.41) is 0.